The Kier molecular flexibility index (Phi) is 13.4. The first kappa shape index (κ1) is 27.6. The molecule has 3 amide bonds. The molecule has 0 unspecified atom stereocenters. The summed E-state index contributed by atoms with van der Waals surface area (Å²) in [4.78, 5) is 43.1. The number of nitrogens with two attached hydrogens (primary N) is 1. The summed E-state index contributed by atoms with van der Waals surface area (Å²) in [6, 6.07) is 6.93. The van der Waals surface area contributed by atoms with Gasteiger partial charge in [-0.2, -0.15) is 0 Å². The summed E-state index contributed by atoms with van der Waals surface area (Å²) in [6.45, 7) is 8.36. The SMILES string of the molecule is CCNC(=NCc1ccc(C(=O)NCC(N)=O)cc1)N(C)CC(=O)N(CC)CC.I. The molecule has 1 aromatic rings. The third kappa shape index (κ3) is 9.42. The number of primary amides is 1. The minimum Gasteiger partial charge on any atom is -0.368 e. The molecule has 0 fully saturated rings. The Morgan fingerprint density at radius 2 is 1.63 bits per heavy atom. The van der Waals surface area contributed by atoms with Crippen molar-refractivity contribution >= 4 is 47.7 Å². The minimum atomic E-state index is -0.594. The molecule has 0 aliphatic carbocycles. The predicted molar refractivity (Wildman–Crippen MR) is 129 cm³/mol. The van der Waals surface area contributed by atoms with Crippen LogP contribution in [-0.2, 0) is 16.1 Å². The van der Waals surface area contributed by atoms with Crippen molar-refractivity contribution in [2.75, 3.05) is 39.8 Å². The number of nitrogens with zero attached hydrogens (tertiary/aromatic N) is 3. The van der Waals surface area contributed by atoms with Crippen LogP contribution in [0.3, 0.4) is 0 Å². The summed E-state index contributed by atoms with van der Waals surface area (Å²) < 4.78 is 0. The van der Waals surface area contributed by atoms with E-state index in [9.17, 15) is 14.4 Å². The lowest BCUT2D eigenvalue weighted by Gasteiger charge is -2.25. The molecule has 10 heteroatoms. The maximum atomic E-state index is 12.3. The highest BCUT2D eigenvalue weighted by molar-refractivity contribution is 14.0. The molecule has 0 spiro atoms. The molecule has 1 aromatic carbocycles. The van der Waals surface area contributed by atoms with Crippen molar-refractivity contribution in [3.05, 3.63) is 35.4 Å². The molecule has 0 saturated heterocycles. The monoisotopic (exact) mass is 532 g/mol. The third-order valence-electron chi connectivity index (χ3n) is 4.24. The van der Waals surface area contributed by atoms with E-state index < -0.39 is 5.91 Å². The van der Waals surface area contributed by atoms with Crippen molar-refractivity contribution in [2.45, 2.75) is 27.3 Å². The van der Waals surface area contributed by atoms with Gasteiger partial charge in [0.15, 0.2) is 5.96 Å². The van der Waals surface area contributed by atoms with Gasteiger partial charge in [0.2, 0.25) is 11.8 Å². The Bertz CT molecular complexity index is 720. The molecule has 1 rings (SSSR count). The van der Waals surface area contributed by atoms with Gasteiger partial charge in [0.25, 0.3) is 5.91 Å². The van der Waals surface area contributed by atoms with E-state index in [1.54, 1.807) is 34.1 Å². The van der Waals surface area contributed by atoms with Crippen LogP contribution in [0.15, 0.2) is 29.3 Å². The summed E-state index contributed by atoms with van der Waals surface area (Å²) >= 11 is 0. The molecule has 30 heavy (non-hydrogen) atoms. The number of carbonyl (C=O) groups excluding carboxylic acids is 3. The number of benzene rings is 1. The zero-order valence-electron chi connectivity index (χ0n) is 18.1. The van der Waals surface area contributed by atoms with Gasteiger partial charge in [-0.1, -0.05) is 12.1 Å². The number of rotatable bonds is 10. The van der Waals surface area contributed by atoms with Gasteiger partial charge in [0.1, 0.15) is 0 Å². The maximum absolute atomic E-state index is 12.3. The number of hydrogen-bond donors (Lipinski definition) is 3. The van der Waals surface area contributed by atoms with Crippen LogP contribution >= 0.6 is 24.0 Å². The molecule has 168 valence electrons. The largest absolute Gasteiger partial charge is 0.368 e. The van der Waals surface area contributed by atoms with Crippen LogP contribution in [0.1, 0.15) is 36.7 Å². The van der Waals surface area contributed by atoms with Gasteiger partial charge in [-0.15, -0.1) is 24.0 Å². The number of likely N-dealkylation sites (N-methyl/N-ethyl adjacent to an activating group) is 2. The first-order valence-electron chi connectivity index (χ1n) is 9.74. The van der Waals surface area contributed by atoms with Gasteiger partial charge in [0.05, 0.1) is 19.6 Å². The lowest BCUT2D eigenvalue weighted by molar-refractivity contribution is -0.131. The zero-order valence-corrected chi connectivity index (χ0v) is 20.4. The van der Waals surface area contributed by atoms with Crippen molar-refractivity contribution in [2.24, 2.45) is 10.7 Å². The first-order valence-corrected chi connectivity index (χ1v) is 9.74. The van der Waals surface area contributed by atoms with E-state index in [1.807, 2.05) is 27.8 Å². The molecule has 0 heterocycles. The van der Waals surface area contributed by atoms with Crippen LogP contribution in [0.4, 0.5) is 0 Å². The molecule has 0 atom stereocenters. The molecule has 0 aromatic heterocycles. The van der Waals surface area contributed by atoms with Gasteiger partial charge in [0, 0.05) is 32.2 Å². The summed E-state index contributed by atoms with van der Waals surface area (Å²) in [7, 11) is 1.83. The van der Waals surface area contributed by atoms with Crippen molar-refractivity contribution in [1.82, 2.24) is 20.4 Å². The van der Waals surface area contributed by atoms with Crippen molar-refractivity contribution in [3.8, 4) is 0 Å². The minimum absolute atomic E-state index is 0. The molecule has 0 aliphatic rings. The first-order chi connectivity index (χ1) is 13.8. The number of amides is 3. The van der Waals surface area contributed by atoms with Gasteiger partial charge < -0.3 is 26.2 Å². The number of aliphatic imine (C=N–C) groups is 1. The highest BCUT2D eigenvalue weighted by atomic mass is 127. The lowest BCUT2D eigenvalue weighted by Crippen LogP contribution is -2.45. The third-order valence-corrected chi connectivity index (χ3v) is 4.24. The van der Waals surface area contributed by atoms with Gasteiger partial charge >= 0.3 is 0 Å². The number of guanidine groups is 1. The van der Waals surface area contributed by atoms with E-state index in [4.69, 9.17) is 5.73 Å². The van der Waals surface area contributed by atoms with Gasteiger partial charge in [-0.05, 0) is 38.5 Å². The Morgan fingerprint density at radius 3 is 2.13 bits per heavy atom. The topological polar surface area (TPSA) is 120 Å². The van der Waals surface area contributed by atoms with Gasteiger partial charge in [-0.3, -0.25) is 14.4 Å². The normalized spacial score (nSPS) is 10.6. The molecular weight excluding hydrogens is 499 g/mol. The average molecular weight is 532 g/mol. The fourth-order valence-corrected chi connectivity index (χ4v) is 2.62. The van der Waals surface area contributed by atoms with E-state index in [0.717, 1.165) is 5.56 Å². The smallest absolute Gasteiger partial charge is 0.251 e. The second-order valence-corrected chi connectivity index (χ2v) is 6.44. The molecule has 0 radical (unpaired) electrons. The van der Waals surface area contributed by atoms with Crippen LogP contribution in [0.25, 0.3) is 0 Å². The van der Waals surface area contributed by atoms with Gasteiger partial charge in [-0.25, -0.2) is 4.99 Å². The molecule has 0 saturated carbocycles. The second-order valence-electron chi connectivity index (χ2n) is 6.44. The number of carbonyl (C=O) groups is 3. The molecule has 0 aliphatic heterocycles. The van der Waals surface area contributed by atoms with Crippen LogP contribution in [0.2, 0.25) is 0 Å². The lowest BCUT2D eigenvalue weighted by atomic mass is 10.1. The van der Waals surface area contributed by atoms with E-state index in [0.29, 0.717) is 37.7 Å². The maximum Gasteiger partial charge on any atom is 0.251 e. The summed E-state index contributed by atoms with van der Waals surface area (Å²) in [6.07, 6.45) is 0. The molecular formula is C20H33IN6O3. The number of halogens is 1. The van der Waals surface area contributed by atoms with Crippen LogP contribution in [0.5, 0.6) is 0 Å². The van der Waals surface area contributed by atoms with E-state index in [1.165, 1.54) is 0 Å². The Labute approximate surface area is 195 Å². The van der Waals surface area contributed by atoms with E-state index in [2.05, 4.69) is 15.6 Å². The fraction of sp³-hybridized carbons (Fsp3) is 0.500. The number of hydrogen-bond acceptors (Lipinski definition) is 4. The highest BCUT2D eigenvalue weighted by Gasteiger charge is 2.15. The van der Waals surface area contributed by atoms with E-state index >= 15 is 0 Å². The van der Waals surface area contributed by atoms with Crippen LogP contribution in [0, 0.1) is 0 Å². The van der Waals surface area contributed by atoms with Crippen molar-refractivity contribution < 1.29 is 14.4 Å². The quantitative estimate of drug-likeness (QED) is 0.234. The molecule has 4 N–H and O–H groups in total. The standard InChI is InChI=1S/C20H32N6O3.HI/c1-5-22-20(25(4)14-18(28)26(6-2)7-3)24-12-15-8-10-16(11-9-15)19(29)23-13-17(21)27;/h8-11H,5-7,12-14H2,1-4H3,(H2,21,27)(H,22,24)(H,23,29);1H. The van der Waals surface area contributed by atoms with Crippen molar-refractivity contribution in [1.29, 1.82) is 0 Å². The highest BCUT2D eigenvalue weighted by Crippen LogP contribution is 2.06. The summed E-state index contributed by atoms with van der Waals surface area (Å²) in [5.74, 6) is -0.267. The second kappa shape index (κ2) is 14.6. The molecule has 0 bridgehead atoms. The fourth-order valence-electron chi connectivity index (χ4n) is 2.62. The Hall–Kier alpha value is -2.37. The van der Waals surface area contributed by atoms with Crippen molar-refractivity contribution in [3.63, 3.8) is 0 Å². The van der Waals surface area contributed by atoms with Crippen LogP contribution < -0.4 is 16.4 Å². The number of nitrogens with one attached hydrogen (secondary N) is 2. The Balaban J connectivity index is 0.00000841. The molecule has 9 nitrogen and oxygen atoms in total. The predicted octanol–water partition coefficient (Wildman–Crippen LogP) is 0.785. The van der Waals surface area contributed by atoms with E-state index in [-0.39, 0.29) is 48.9 Å². The Morgan fingerprint density at radius 1 is 1.03 bits per heavy atom. The summed E-state index contributed by atoms with van der Waals surface area (Å²) in [5, 5.41) is 5.63. The summed E-state index contributed by atoms with van der Waals surface area (Å²) in [5.41, 5.74) is 6.37. The van der Waals surface area contributed by atoms with Crippen LogP contribution in [-0.4, -0.2) is 73.3 Å². The zero-order chi connectivity index (χ0) is 21.8. The average Bonchev–Trinajstić information content (AvgIpc) is 2.70.